The minimum Gasteiger partial charge on any atom is -0.497 e. The molecule has 2 aromatic carbocycles. The number of nitrogens with zero attached hydrogens (tertiary/aromatic N) is 1. The average molecular weight is 421 g/mol. The van der Waals surface area contributed by atoms with E-state index >= 15 is 0 Å². The van der Waals surface area contributed by atoms with E-state index in [0.29, 0.717) is 31.6 Å². The highest BCUT2D eigenvalue weighted by molar-refractivity contribution is 5.91. The van der Waals surface area contributed by atoms with Crippen LogP contribution in [0.4, 0.5) is 5.69 Å². The summed E-state index contributed by atoms with van der Waals surface area (Å²) in [6.45, 7) is 4.76. The van der Waals surface area contributed by atoms with Crippen LogP contribution in [0.1, 0.15) is 35.7 Å². The average Bonchev–Trinajstić information content (AvgIpc) is 3.19. The fourth-order valence-electron chi connectivity index (χ4n) is 3.30. The summed E-state index contributed by atoms with van der Waals surface area (Å²) < 4.78 is 12.3. The third-order valence-corrected chi connectivity index (χ3v) is 4.93. The van der Waals surface area contributed by atoms with Gasteiger partial charge in [0.1, 0.15) is 5.75 Å². The van der Waals surface area contributed by atoms with Crippen LogP contribution in [0.25, 0.3) is 11.3 Å². The number of nitrogens with one attached hydrogen (secondary N) is 1. The van der Waals surface area contributed by atoms with Gasteiger partial charge in [-0.05, 0) is 56.2 Å². The summed E-state index contributed by atoms with van der Waals surface area (Å²) in [5.74, 6) is 0.346. The maximum absolute atomic E-state index is 12.3. The van der Waals surface area contributed by atoms with Crippen LogP contribution >= 0.6 is 0 Å². The smallest absolute Gasteiger partial charge is 0.339 e. The van der Waals surface area contributed by atoms with Gasteiger partial charge in [0.15, 0.2) is 0 Å². The Morgan fingerprint density at radius 2 is 1.74 bits per heavy atom. The van der Waals surface area contributed by atoms with E-state index in [1.807, 2.05) is 54.0 Å². The molecule has 3 rings (SSSR count). The molecule has 0 saturated heterocycles. The molecule has 31 heavy (non-hydrogen) atoms. The zero-order valence-electron chi connectivity index (χ0n) is 18.2. The highest BCUT2D eigenvalue weighted by Crippen LogP contribution is 2.24. The van der Waals surface area contributed by atoms with Crippen molar-refractivity contribution in [2.24, 2.45) is 0 Å². The van der Waals surface area contributed by atoms with Crippen LogP contribution in [0.15, 0.2) is 60.8 Å². The number of esters is 1. The molecule has 1 heterocycles. The van der Waals surface area contributed by atoms with Gasteiger partial charge < -0.3 is 19.4 Å². The van der Waals surface area contributed by atoms with Crippen LogP contribution in [0.5, 0.6) is 5.75 Å². The van der Waals surface area contributed by atoms with Crippen LogP contribution in [0, 0.1) is 6.92 Å². The largest absolute Gasteiger partial charge is 0.497 e. The first-order valence-electron chi connectivity index (χ1n) is 10.4. The number of hydrogen-bond donors (Lipinski definition) is 1. The molecule has 0 aliphatic carbocycles. The summed E-state index contributed by atoms with van der Waals surface area (Å²) in [5.41, 5.74) is 4.36. The molecule has 0 aliphatic rings. The first-order valence-corrected chi connectivity index (χ1v) is 10.4. The third kappa shape index (κ3) is 5.98. The number of carbonyl (C=O) groups is 2. The van der Waals surface area contributed by atoms with Gasteiger partial charge in [0, 0.05) is 30.5 Å². The van der Waals surface area contributed by atoms with E-state index in [0.717, 1.165) is 22.7 Å². The lowest BCUT2D eigenvalue weighted by molar-refractivity contribution is -0.116. The van der Waals surface area contributed by atoms with Crippen LogP contribution in [0.3, 0.4) is 0 Å². The van der Waals surface area contributed by atoms with Gasteiger partial charge in [-0.25, -0.2) is 4.79 Å². The topological polar surface area (TPSA) is 69.6 Å². The Morgan fingerprint density at radius 3 is 2.39 bits per heavy atom. The number of methoxy groups -OCH3 is 1. The predicted octanol–water partition coefficient (Wildman–Crippen LogP) is 5.07. The molecule has 1 N–H and O–H groups in total. The Kier molecular flexibility index (Phi) is 7.49. The molecule has 0 atom stereocenters. The van der Waals surface area contributed by atoms with Gasteiger partial charge in [0.25, 0.3) is 0 Å². The van der Waals surface area contributed by atoms with Crippen molar-refractivity contribution in [3.63, 3.8) is 0 Å². The molecule has 0 fully saturated rings. The summed E-state index contributed by atoms with van der Waals surface area (Å²) in [6.07, 6.45) is 2.80. The minimum atomic E-state index is -0.341. The lowest BCUT2D eigenvalue weighted by atomic mass is 10.1. The quantitative estimate of drug-likeness (QED) is 0.491. The standard InChI is InChI=1S/C25H28N2O4/c1-4-31-25(29)20-16-23(19-9-7-18(2)8-10-19)27(17-20)15-5-6-24(28)26-21-11-13-22(30-3)14-12-21/h7-14,16-17H,4-6,15H2,1-3H3,(H,26,28). The van der Waals surface area contributed by atoms with Crippen LogP contribution in [0.2, 0.25) is 0 Å². The van der Waals surface area contributed by atoms with Crippen molar-refractivity contribution in [3.8, 4) is 17.0 Å². The summed E-state index contributed by atoms with van der Waals surface area (Å²) in [4.78, 5) is 24.5. The van der Waals surface area contributed by atoms with E-state index in [1.165, 1.54) is 5.56 Å². The molecule has 0 unspecified atom stereocenters. The number of anilines is 1. The highest BCUT2D eigenvalue weighted by atomic mass is 16.5. The lowest BCUT2D eigenvalue weighted by Crippen LogP contribution is -2.12. The van der Waals surface area contributed by atoms with Crippen molar-refractivity contribution in [2.75, 3.05) is 19.0 Å². The third-order valence-electron chi connectivity index (χ3n) is 4.93. The SMILES string of the molecule is CCOC(=O)c1cc(-c2ccc(C)cc2)n(CCCC(=O)Nc2ccc(OC)cc2)c1. The second kappa shape index (κ2) is 10.5. The summed E-state index contributed by atoms with van der Waals surface area (Å²) >= 11 is 0. The van der Waals surface area contributed by atoms with E-state index in [1.54, 1.807) is 32.4 Å². The number of benzene rings is 2. The van der Waals surface area contributed by atoms with Crippen molar-refractivity contribution < 1.29 is 19.1 Å². The molecule has 1 aromatic heterocycles. The number of rotatable bonds is 9. The molecular formula is C25H28N2O4. The summed E-state index contributed by atoms with van der Waals surface area (Å²) in [5, 5.41) is 2.89. The van der Waals surface area contributed by atoms with Gasteiger partial charge in [-0.2, -0.15) is 0 Å². The first kappa shape index (κ1) is 22.2. The maximum atomic E-state index is 12.3. The maximum Gasteiger partial charge on any atom is 0.339 e. The Bertz CT molecular complexity index is 1020. The fourth-order valence-corrected chi connectivity index (χ4v) is 3.30. The van der Waals surface area contributed by atoms with Crippen molar-refractivity contribution in [2.45, 2.75) is 33.2 Å². The van der Waals surface area contributed by atoms with Gasteiger partial charge >= 0.3 is 5.97 Å². The van der Waals surface area contributed by atoms with Crippen molar-refractivity contribution >= 4 is 17.6 Å². The number of amides is 1. The lowest BCUT2D eigenvalue weighted by Gasteiger charge is -2.10. The molecule has 6 nitrogen and oxygen atoms in total. The number of aryl methyl sites for hydroxylation is 2. The van der Waals surface area contributed by atoms with Gasteiger partial charge in [0.05, 0.1) is 19.3 Å². The van der Waals surface area contributed by atoms with Gasteiger partial charge in [0.2, 0.25) is 5.91 Å². The molecule has 162 valence electrons. The van der Waals surface area contributed by atoms with Crippen molar-refractivity contribution in [3.05, 3.63) is 71.9 Å². The first-order chi connectivity index (χ1) is 15.0. The molecule has 0 aliphatic heterocycles. The molecular weight excluding hydrogens is 392 g/mol. The number of aromatic nitrogens is 1. The minimum absolute atomic E-state index is 0.0557. The second-order valence-electron chi connectivity index (χ2n) is 7.27. The Labute approximate surface area is 182 Å². The monoisotopic (exact) mass is 420 g/mol. The molecule has 0 spiro atoms. The molecule has 1 amide bonds. The van der Waals surface area contributed by atoms with Crippen LogP contribution < -0.4 is 10.1 Å². The normalized spacial score (nSPS) is 10.5. The second-order valence-corrected chi connectivity index (χ2v) is 7.27. The van der Waals surface area contributed by atoms with E-state index in [2.05, 4.69) is 5.32 Å². The van der Waals surface area contributed by atoms with E-state index in [4.69, 9.17) is 9.47 Å². The molecule has 3 aromatic rings. The van der Waals surface area contributed by atoms with Gasteiger partial charge in [-0.3, -0.25) is 4.79 Å². The van der Waals surface area contributed by atoms with Crippen molar-refractivity contribution in [1.29, 1.82) is 0 Å². The summed E-state index contributed by atoms with van der Waals surface area (Å²) in [7, 11) is 1.60. The van der Waals surface area contributed by atoms with E-state index in [9.17, 15) is 9.59 Å². The number of ether oxygens (including phenoxy) is 2. The molecule has 0 saturated carbocycles. The van der Waals surface area contributed by atoms with E-state index in [-0.39, 0.29) is 11.9 Å². The van der Waals surface area contributed by atoms with Crippen molar-refractivity contribution in [1.82, 2.24) is 4.57 Å². The highest BCUT2D eigenvalue weighted by Gasteiger charge is 2.15. The summed E-state index contributed by atoms with van der Waals surface area (Å²) in [6, 6.07) is 17.2. The zero-order valence-corrected chi connectivity index (χ0v) is 18.2. The van der Waals surface area contributed by atoms with Crippen LogP contribution in [-0.4, -0.2) is 30.2 Å². The van der Waals surface area contributed by atoms with Gasteiger partial charge in [-0.1, -0.05) is 29.8 Å². The molecule has 6 heteroatoms. The molecule has 0 bridgehead atoms. The molecule has 0 radical (unpaired) electrons. The zero-order chi connectivity index (χ0) is 22.2. The Balaban J connectivity index is 1.66. The van der Waals surface area contributed by atoms with Gasteiger partial charge in [-0.15, -0.1) is 0 Å². The Morgan fingerprint density at radius 1 is 1.03 bits per heavy atom. The van der Waals surface area contributed by atoms with E-state index < -0.39 is 0 Å². The number of carbonyl (C=O) groups excluding carboxylic acids is 2. The predicted molar refractivity (Wildman–Crippen MR) is 121 cm³/mol. The van der Waals surface area contributed by atoms with Crippen LogP contribution in [-0.2, 0) is 16.1 Å². The number of hydrogen-bond acceptors (Lipinski definition) is 4. The Hall–Kier alpha value is -3.54. The fraction of sp³-hybridized carbons (Fsp3) is 0.280.